The number of nitrogens with one attached hydrogen (secondary N) is 1. The summed E-state index contributed by atoms with van der Waals surface area (Å²) in [5.74, 6) is 1.06. The number of anilines is 2. The average molecular weight is 399 g/mol. The summed E-state index contributed by atoms with van der Waals surface area (Å²) < 4.78 is 25.9. The van der Waals surface area contributed by atoms with Crippen LogP contribution in [0.4, 0.5) is 11.4 Å². The molecule has 1 aliphatic heterocycles. The van der Waals surface area contributed by atoms with Crippen LogP contribution in [0, 0.1) is 5.92 Å². The van der Waals surface area contributed by atoms with Crippen LogP contribution in [0.15, 0.2) is 54.6 Å². The van der Waals surface area contributed by atoms with E-state index in [0.717, 1.165) is 12.8 Å². The van der Waals surface area contributed by atoms with Gasteiger partial charge in [0.25, 0.3) is 0 Å². The molecule has 1 aliphatic carbocycles. The fourth-order valence-corrected chi connectivity index (χ4v) is 5.60. The summed E-state index contributed by atoms with van der Waals surface area (Å²) in [6, 6.07) is 17.4. The lowest BCUT2D eigenvalue weighted by molar-refractivity contribution is -0.116. The van der Waals surface area contributed by atoms with Crippen molar-refractivity contribution in [3.8, 4) is 0 Å². The summed E-state index contributed by atoms with van der Waals surface area (Å²) in [6.07, 6.45) is 4.44. The van der Waals surface area contributed by atoms with E-state index in [0.29, 0.717) is 30.3 Å². The Kier molecular flexibility index (Phi) is 5.40. The number of carbonyl (C=O) groups excluding carboxylic acids is 1. The Morgan fingerprint density at radius 1 is 1.04 bits per heavy atom. The van der Waals surface area contributed by atoms with Gasteiger partial charge in [-0.05, 0) is 67.3 Å². The number of amides is 1. The minimum Gasteiger partial charge on any atom is -0.326 e. The number of nitrogens with zero attached hydrogens (tertiary/aromatic N) is 1. The molecule has 148 valence electrons. The van der Waals surface area contributed by atoms with Crippen LogP contribution >= 0.6 is 0 Å². The largest absolute Gasteiger partial charge is 0.326 e. The number of hydrogen-bond donors (Lipinski definition) is 1. The predicted molar refractivity (Wildman–Crippen MR) is 112 cm³/mol. The van der Waals surface area contributed by atoms with E-state index in [9.17, 15) is 13.2 Å². The van der Waals surface area contributed by atoms with Gasteiger partial charge >= 0.3 is 0 Å². The van der Waals surface area contributed by atoms with Crippen molar-refractivity contribution in [2.75, 3.05) is 21.9 Å². The number of sulfonamides is 1. The zero-order valence-corrected chi connectivity index (χ0v) is 16.7. The maximum Gasteiger partial charge on any atom is 0.235 e. The van der Waals surface area contributed by atoms with Gasteiger partial charge in [0.2, 0.25) is 15.9 Å². The molecule has 1 amide bonds. The lowest BCUT2D eigenvalue weighted by Crippen LogP contribution is -2.37. The highest BCUT2D eigenvalue weighted by atomic mass is 32.2. The molecule has 5 nitrogen and oxygen atoms in total. The first-order chi connectivity index (χ1) is 13.5. The second-order valence-electron chi connectivity index (χ2n) is 7.75. The summed E-state index contributed by atoms with van der Waals surface area (Å²) in [5, 5.41) is 2.97. The van der Waals surface area contributed by atoms with Crippen molar-refractivity contribution in [2.24, 2.45) is 5.92 Å². The van der Waals surface area contributed by atoms with E-state index in [4.69, 9.17) is 0 Å². The molecule has 1 heterocycles. The fraction of sp³-hybridized carbons (Fsp3) is 0.409. The third-order valence-electron chi connectivity index (χ3n) is 5.61. The highest BCUT2D eigenvalue weighted by molar-refractivity contribution is 7.92. The summed E-state index contributed by atoms with van der Waals surface area (Å²) in [6.45, 7) is 0.522. The van der Waals surface area contributed by atoms with Crippen molar-refractivity contribution in [1.29, 1.82) is 0 Å². The Bertz CT molecular complexity index is 922. The van der Waals surface area contributed by atoms with Gasteiger partial charge in [-0.1, -0.05) is 30.3 Å². The highest BCUT2D eigenvalue weighted by Crippen LogP contribution is 2.44. The topological polar surface area (TPSA) is 66.5 Å². The van der Waals surface area contributed by atoms with Gasteiger partial charge in [-0.3, -0.25) is 9.10 Å². The summed E-state index contributed by atoms with van der Waals surface area (Å²) in [7, 11) is -3.22. The van der Waals surface area contributed by atoms with Gasteiger partial charge in [0.05, 0.1) is 11.4 Å². The molecule has 1 saturated carbocycles. The zero-order chi connectivity index (χ0) is 19.6. The first-order valence-electron chi connectivity index (χ1n) is 9.98. The van der Waals surface area contributed by atoms with Gasteiger partial charge in [0, 0.05) is 18.7 Å². The van der Waals surface area contributed by atoms with Gasteiger partial charge in [0.1, 0.15) is 0 Å². The molecule has 4 rings (SSSR count). The molecule has 0 bridgehead atoms. The molecule has 6 heteroatoms. The Balaban J connectivity index is 1.40. The lowest BCUT2D eigenvalue weighted by atomic mass is 9.91. The Labute approximate surface area is 166 Å². The van der Waals surface area contributed by atoms with Crippen LogP contribution < -0.4 is 9.62 Å². The lowest BCUT2D eigenvalue weighted by Gasteiger charge is -2.28. The van der Waals surface area contributed by atoms with Crippen LogP contribution in [0.1, 0.15) is 43.6 Å². The van der Waals surface area contributed by atoms with Gasteiger partial charge in [-0.2, -0.15) is 0 Å². The zero-order valence-electron chi connectivity index (χ0n) is 15.9. The van der Waals surface area contributed by atoms with Crippen LogP contribution in [-0.4, -0.2) is 26.6 Å². The molecule has 2 aliphatic rings. The van der Waals surface area contributed by atoms with Crippen LogP contribution in [0.5, 0.6) is 0 Å². The highest BCUT2D eigenvalue weighted by Gasteiger charge is 2.33. The normalized spacial score (nSPS) is 19.8. The molecule has 0 aromatic heterocycles. The van der Waals surface area contributed by atoms with Gasteiger partial charge in [0.15, 0.2) is 0 Å². The summed E-state index contributed by atoms with van der Waals surface area (Å²) >= 11 is 0. The van der Waals surface area contributed by atoms with Crippen LogP contribution in [0.2, 0.25) is 0 Å². The number of benzene rings is 2. The standard InChI is InChI=1S/C22H26N2O3S/c25-22(16-21(18-8-9-18)17-6-2-1-3-7-17)23-19-10-12-20(13-11-19)24-14-4-5-15-28(24,26)27/h1-3,6-7,10-13,18,21H,4-5,8-9,14-16H2,(H,23,25). The van der Waals surface area contributed by atoms with Gasteiger partial charge in [-0.15, -0.1) is 0 Å². The molecule has 1 N–H and O–H groups in total. The third-order valence-corrected chi connectivity index (χ3v) is 7.48. The maximum absolute atomic E-state index is 12.6. The number of carbonyl (C=O) groups is 1. The molecule has 2 aromatic carbocycles. The molecule has 1 atom stereocenters. The summed E-state index contributed by atoms with van der Waals surface area (Å²) in [5.41, 5.74) is 2.59. The summed E-state index contributed by atoms with van der Waals surface area (Å²) in [4.78, 5) is 12.6. The quantitative estimate of drug-likeness (QED) is 0.795. The van der Waals surface area contributed by atoms with E-state index in [1.807, 2.05) is 18.2 Å². The van der Waals surface area contributed by atoms with Crippen molar-refractivity contribution < 1.29 is 13.2 Å². The van der Waals surface area contributed by atoms with Crippen molar-refractivity contribution in [1.82, 2.24) is 0 Å². The SMILES string of the molecule is O=C(CC(c1ccccc1)C1CC1)Nc1ccc(N2CCCCS2(=O)=O)cc1. The molecule has 1 unspecified atom stereocenters. The van der Waals surface area contributed by atoms with E-state index >= 15 is 0 Å². The molecule has 0 spiro atoms. The van der Waals surface area contributed by atoms with E-state index in [1.54, 1.807) is 24.3 Å². The Morgan fingerprint density at radius 3 is 2.39 bits per heavy atom. The van der Waals surface area contributed by atoms with Crippen LogP contribution in [-0.2, 0) is 14.8 Å². The monoisotopic (exact) mass is 398 g/mol. The minimum absolute atomic E-state index is 0.000836. The second kappa shape index (κ2) is 7.95. The van der Waals surface area contributed by atoms with Crippen molar-refractivity contribution in [2.45, 2.75) is 38.0 Å². The molecular formula is C22H26N2O3S. The molecule has 0 radical (unpaired) electrons. The van der Waals surface area contributed by atoms with Crippen molar-refractivity contribution in [3.63, 3.8) is 0 Å². The minimum atomic E-state index is -3.22. The van der Waals surface area contributed by atoms with Crippen LogP contribution in [0.25, 0.3) is 0 Å². The first-order valence-corrected chi connectivity index (χ1v) is 11.6. The van der Waals surface area contributed by atoms with Crippen LogP contribution in [0.3, 0.4) is 0 Å². The molecule has 2 fully saturated rings. The van der Waals surface area contributed by atoms with E-state index in [2.05, 4.69) is 17.4 Å². The van der Waals surface area contributed by atoms with Gasteiger partial charge in [-0.25, -0.2) is 8.42 Å². The Hall–Kier alpha value is -2.34. The number of rotatable bonds is 6. The van der Waals surface area contributed by atoms with E-state index in [1.165, 1.54) is 22.7 Å². The Morgan fingerprint density at radius 2 is 1.75 bits per heavy atom. The first kappa shape index (κ1) is 19.0. The molecule has 28 heavy (non-hydrogen) atoms. The average Bonchev–Trinajstić information content (AvgIpc) is 3.52. The maximum atomic E-state index is 12.6. The van der Waals surface area contributed by atoms with Crippen molar-refractivity contribution in [3.05, 3.63) is 60.2 Å². The molecular weight excluding hydrogens is 372 g/mol. The fourth-order valence-electron chi connectivity index (χ4n) is 3.96. The smallest absolute Gasteiger partial charge is 0.235 e. The second-order valence-corrected chi connectivity index (χ2v) is 9.76. The van der Waals surface area contributed by atoms with E-state index < -0.39 is 10.0 Å². The molecule has 2 aromatic rings. The van der Waals surface area contributed by atoms with Crippen molar-refractivity contribution >= 4 is 27.3 Å². The van der Waals surface area contributed by atoms with Gasteiger partial charge < -0.3 is 5.32 Å². The predicted octanol–water partition coefficient (Wildman–Crippen LogP) is 4.14. The van der Waals surface area contributed by atoms with E-state index in [-0.39, 0.29) is 17.6 Å². The molecule has 1 saturated heterocycles. The third kappa shape index (κ3) is 4.38. The number of hydrogen-bond acceptors (Lipinski definition) is 3.